The summed E-state index contributed by atoms with van der Waals surface area (Å²) in [6.07, 6.45) is 1.48. The van der Waals surface area contributed by atoms with E-state index < -0.39 is 0 Å². The Kier molecular flexibility index (Phi) is 11.6. The summed E-state index contributed by atoms with van der Waals surface area (Å²) < 4.78 is 5.12. The predicted octanol–water partition coefficient (Wildman–Crippen LogP) is 4.90. The Bertz CT molecular complexity index is 1000. The van der Waals surface area contributed by atoms with Crippen molar-refractivity contribution in [2.24, 2.45) is 4.99 Å². The first-order valence-electron chi connectivity index (χ1n) is 11.3. The highest BCUT2D eigenvalue weighted by Crippen LogP contribution is 2.19. The number of nitrogens with zero attached hydrogens (tertiary/aromatic N) is 2. The van der Waals surface area contributed by atoms with Crippen molar-refractivity contribution < 1.29 is 9.21 Å². The summed E-state index contributed by atoms with van der Waals surface area (Å²) >= 11 is 0. The Morgan fingerprint density at radius 1 is 0.971 bits per heavy atom. The number of carbonyl (C=O) groups is 1. The zero-order chi connectivity index (χ0) is 23.5. The smallest absolute Gasteiger partial charge is 0.291 e. The largest absolute Gasteiger partial charge is 0.459 e. The predicted molar refractivity (Wildman–Crippen MR) is 149 cm³/mol. The third kappa shape index (κ3) is 7.88. The maximum Gasteiger partial charge on any atom is 0.291 e. The molecule has 0 saturated carbocycles. The van der Waals surface area contributed by atoms with E-state index in [1.165, 1.54) is 11.8 Å². The number of hydrogen-bond acceptors (Lipinski definition) is 4. The molecule has 1 unspecified atom stereocenters. The molecule has 1 amide bonds. The topological polar surface area (TPSA) is 81.9 Å². The number of rotatable bonds is 10. The van der Waals surface area contributed by atoms with Gasteiger partial charge in [0.2, 0.25) is 0 Å². The van der Waals surface area contributed by atoms with Crippen LogP contribution >= 0.6 is 24.0 Å². The molecule has 0 aliphatic rings. The molecule has 1 heterocycles. The summed E-state index contributed by atoms with van der Waals surface area (Å²) in [5.41, 5.74) is 3.08. The van der Waals surface area contributed by atoms with Gasteiger partial charge in [0, 0.05) is 25.8 Å². The van der Waals surface area contributed by atoms with Crippen molar-refractivity contribution in [2.75, 3.05) is 32.0 Å². The second-order valence-corrected chi connectivity index (χ2v) is 7.58. The van der Waals surface area contributed by atoms with Crippen molar-refractivity contribution >= 4 is 41.5 Å². The maximum atomic E-state index is 12.1. The summed E-state index contributed by atoms with van der Waals surface area (Å²) in [6.45, 7) is 7.70. The van der Waals surface area contributed by atoms with Gasteiger partial charge in [-0.05, 0) is 48.5 Å². The molecule has 0 saturated heterocycles. The third-order valence-electron chi connectivity index (χ3n) is 5.54. The highest BCUT2D eigenvalue weighted by atomic mass is 127. The fourth-order valence-electron chi connectivity index (χ4n) is 3.70. The number of carbonyl (C=O) groups excluding carboxylic acids is 1. The monoisotopic (exact) mass is 575 g/mol. The molecule has 0 aliphatic carbocycles. The van der Waals surface area contributed by atoms with E-state index in [0.29, 0.717) is 12.2 Å². The van der Waals surface area contributed by atoms with Crippen molar-refractivity contribution in [3.63, 3.8) is 0 Å². The van der Waals surface area contributed by atoms with E-state index in [2.05, 4.69) is 64.0 Å². The quantitative estimate of drug-likeness (QED) is 0.182. The van der Waals surface area contributed by atoms with Crippen LogP contribution in [0.2, 0.25) is 0 Å². The SMILES string of the molecule is CCN(CC)C(CNC(=NC)NCc1ccc(NC(=O)c2ccco2)cc1)c1ccccc1.I. The molecular formula is C26H34IN5O2. The van der Waals surface area contributed by atoms with Crippen molar-refractivity contribution in [3.8, 4) is 0 Å². The molecule has 7 nitrogen and oxygen atoms in total. The molecule has 3 rings (SSSR count). The van der Waals surface area contributed by atoms with E-state index in [9.17, 15) is 4.79 Å². The van der Waals surface area contributed by atoms with Crippen molar-refractivity contribution in [2.45, 2.75) is 26.4 Å². The second-order valence-electron chi connectivity index (χ2n) is 7.58. The number of hydrogen-bond donors (Lipinski definition) is 3. The highest BCUT2D eigenvalue weighted by Gasteiger charge is 2.18. The molecule has 0 spiro atoms. The molecular weight excluding hydrogens is 541 g/mol. The molecule has 2 aromatic carbocycles. The lowest BCUT2D eigenvalue weighted by Crippen LogP contribution is -2.43. The summed E-state index contributed by atoms with van der Waals surface area (Å²) in [5, 5.41) is 9.66. The van der Waals surface area contributed by atoms with Gasteiger partial charge in [-0.3, -0.25) is 14.7 Å². The van der Waals surface area contributed by atoms with Crippen LogP contribution in [0.25, 0.3) is 0 Å². The molecule has 8 heteroatoms. The van der Waals surface area contributed by atoms with Gasteiger partial charge in [0.05, 0.1) is 12.3 Å². The first-order chi connectivity index (χ1) is 16.1. The van der Waals surface area contributed by atoms with E-state index >= 15 is 0 Å². The standard InChI is InChI=1S/C26H33N5O2.HI/c1-4-31(5-2)23(21-10-7-6-8-11-21)19-29-26(27-3)28-18-20-13-15-22(16-14-20)30-25(32)24-12-9-17-33-24;/h6-17,23H,4-5,18-19H2,1-3H3,(H,30,32)(H2,27,28,29);1H. The Balaban J connectivity index is 0.00000408. The number of likely N-dealkylation sites (N-methyl/N-ethyl adjacent to an activating group) is 1. The lowest BCUT2D eigenvalue weighted by Gasteiger charge is -2.30. The van der Waals surface area contributed by atoms with Crippen LogP contribution in [0.15, 0.2) is 82.4 Å². The van der Waals surface area contributed by atoms with Crippen LogP contribution in [0.4, 0.5) is 5.69 Å². The van der Waals surface area contributed by atoms with Gasteiger partial charge in [0.1, 0.15) is 0 Å². The summed E-state index contributed by atoms with van der Waals surface area (Å²) in [7, 11) is 1.78. The van der Waals surface area contributed by atoms with Gasteiger partial charge >= 0.3 is 0 Å². The van der Waals surface area contributed by atoms with E-state index in [-0.39, 0.29) is 41.7 Å². The van der Waals surface area contributed by atoms with Crippen molar-refractivity contribution in [1.82, 2.24) is 15.5 Å². The van der Waals surface area contributed by atoms with Gasteiger partial charge in [-0.15, -0.1) is 24.0 Å². The number of aliphatic imine (C=N–C) groups is 1. The van der Waals surface area contributed by atoms with Gasteiger partial charge < -0.3 is 20.4 Å². The number of furan rings is 1. The minimum Gasteiger partial charge on any atom is -0.459 e. The van der Waals surface area contributed by atoms with Crippen LogP contribution in [-0.4, -0.2) is 43.4 Å². The van der Waals surface area contributed by atoms with Gasteiger partial charge in [-0.1, -0.05) is 56.3 Å². The minimum absolute atomic E-state index is 0. The maximum absolute atomic E-state index is 12.1. The number of halogens is 1. The fraction of sp³-hybridized carbons (Fsp3) is 0.308. The third-order valence-corrected chi connectivity index (χ3v) is 5.54. The minimum atomic E-state index is -0.267. The Hall–Kier alpha value is -2.85. The fourth-order valence-corrected chi connectivity index (χ4v) is 3.70. The average molecular weight is 575 g/mol. The van der Waals surface area contributed by atoms with Crippen LogP contribution in [-0.2, 0) is 6.54 Å². The molecule has 1 aromatic heterocycles. The van der Waals surface area contributed by atoms with E-state index in [0.717, 1.165) is 31.2 Å². The van der Waals surface area contributed by atoms with Crippen LogP contribution in [0.3, 0.4) is 0 Å². The van der Waals surface area contributed by atoms with Crippen LogP contribution in [0, 0.1) is 0 Å². The summed E-state index contributed by atoms with van der Waals surface area (Å²) in [4.78, 5) is 18.9. The molecule has 3 aromatic rings. The zero-order valence-electron chi connectivity index (χ0n) is 20.0. The molecule has 3 N–H and O–H groups in total. The second kappa shape index (κ2) is 14.4. The number of amides is 1. The molecule has 182 valence electrons. The molecule has 0 aliphatic heterocycles. The molecule has 0 bridgehead atoms. The van der Waals surface area contributed by atoms with Gasteiger partial charge in [0.25, 0.3) is 5.91 Å². The van der Waals surface area contributed by atoms with Crippen molar-refractivity contribution in [3.05, 3.63) is 89.9 Å². The van der Waals surface area contributed by atoms with Crippen LogP contribution < -0.4 is 16.0 Å². The summed E-state index contributed by atoms with van der Waals surface area (Å²) in [6, 6.07) is 21.8. The molecule has 0 radical (unpaired) electrons. The number of benzene rings is 2. The van der Waals surface area contributed by atoms with Crippen LogP contribution in [0.1, 0.15) is 41.6 Å². The Labute approximate surface area is 219 Å². The molecule has 34 heavy (non-hydrogen) atoms. The van der Waals surface area contributed by atoms with Crippen LogP contribution in [0.5, 0.6) is 0 Å². The Morgan fingerprint density at radius 3 is 2.26 bits per heavy atom. The first kappa shape index (κ1) is 27.4. The Morgan fingerprint density at radius 2 is 1.68 bits per heavy atom. The van der Waals surface area contributed by atoms with Gasteiger partial charge in [-0.2, -0.15) is 0 Å². The number of nitrogens with one attached hydrogen (secondary N) is 3. The number of anilines is 1. The normalized spacial score (nSPS) is 12.1. The van der Waals surface area contributed by atoms with E-state index in [1.54, 1.807) is 19.2 Å². The molecule has 0 fully saturated rings. The summed E-state index contributed by atoms with van der Waals surface area (Å²) in [5.74, 6) is 0.768. The zero-order valence-corrected chi connectivity index (χ0v) is 22.3. The first-order valence-corrected chi connectivity index (χ1v) is 11.3. The van der Waals surface area contributed by atoms with E-state index in [1.807, 2.05) is 30.3 Å². The number of guanidine groups is 1. The van der Waals surface area contributed by atoms with Gasteiger partial charge in [-0.25, -0.2) is 0 Å². The lowest BCUT2D eigenvalue weighted by molar-refractivity contribution is 0.0996. The lowest BCUT2D eigenvalue weighted by atomic mass is 10.1. The van der Waals surface area contributed by atoms with Crippen molar-refractivity contribution in [1.29, 1.82) is 0 Å². The average Bonchev–Trinajstić information content (AvgIpc) is 3.40. The highest BCUT2D eigenvalue weighted by molar-refractivity contribution is 14.0. The van der Waals surface area contributed by atoms with Gasteiger partial charge in [0.15, 0.2) is 11.7 Å². The molecule has 1 atom stereocenters. The van der Waals surface area contributed by atoms with E-state index in [4.69, 9.17) is 4.42 Å².